The molecule has 0 amide bonds. The zero-order chi connectivity index (χ0) is 17.8. The van der Waals surface area contributed by atoms with Crippen LogP contribution in [0.5, 0.6) is 0 Å². The van der Waals surface area contributed by atoms with E-state index in [1.165, 1.54) is 0 Å². The van der Waals surface area contributed by atoms with Crippen molar-refractivity contribution in [3.05, 3.63) is 66.4 Å². The molecular weight excluding hydrogens is 327 g/mol. The van der Waals surface area contributed by atoms with Crippen molar-refractivity contribution in [1.29, 1.82) is 0 Å². The molecule has 0 saturated heterocycles. The van der Waals surface area contributed by atoms with Gasteiger partial charge in [-0.15, -0.1) is 9.24 Å². The van der Waals surface area contributed by atoms with Crippen molar-refractivity contribution in [3.63, 3.8) is 0 Å². The highest BCUT2D eigenvalue weighted by molar-refractivity contribution is 7.27. The summed E-state index contributed by atoms with van der Waals surface area (Å²) in [5.74, 6) is 1.85. The quantitative estimate of drug-likeness (QED) is 0.682. The molecule has 1 unspecified atom stereocenters. The van der Waals surface area contributed by atoms with E-state index in [0.717, 1.165) is 28.1 Å². The Balaban J connectivity index is 1.97. The molecule has 0 spiro atoms. The third-order valence-corrected chi connectivity index (χ3v) is 4.38. The maximum atomic E-state index is 4.79. The normalized spacial score (nSPS) is 10.8. The summed E-state index contributed by atoms with van der Waals surface area (Å²) >= 11 is 0. The van der Waals surface area contributed by atoms with Gasteiger partial charge in [-0.2, -0.15) is 4.98 Å². The average molecular weight is 350 g/mol. The number of anilines is 4. The van der Waals surface area contributed by atoms with E-state index < -0.39 is 0 Å². The van der Waals surface area contributed by atoms with Gasteiger partial charge in [0.15, 0.2) is 0 Å². The average Bonchev–Trinajstić information content (AvgIpc) is 2.61. The Hall–Kier alpha value is -2.45. The monoisotopic (exact) mass is 350 g/mol. The molecule has 0 bridgehead atoms. The predicted octanol–water partition coefficient (Wildman–Crippen LogP) is 4.61. The molecule has 0 aliphatic heterocycles. The van der Waals surface area contributed by atoms with Gasteiger partial charge in [-0.1, -0.05) is 44.2 Å². The fraction of sp³-hybridized carbons (Fsp3) is 0.200. The molecule has 3 rings (SSSR count). The summed E-state index contributed by atoms with van der Waals surface area (Å²) in [5, 5.41) is 4.41. The Morgan fingerprint density at radius 3 is 2.48 bits per heavy atom. The second-order valence-corrected chi connectivity index (χ2v) is 6.94. The molecular formula is C20H23N4P. The molecule has 4 nitrogen and oxygen atoms in total. The number of hydrogen-bond acceptors (Lipinski definition) is 4. The van der Waals surface area contributed by atoms with Crippen molar-refractivity contribution >= 4 is 37.7 Å². The second-order valence-electron chi connectivity index (χ2n) is 6.27. The summed E-state index contributed by atoms with van der Waals surface area (Å²) in [7, 11) is 4.74. The highest BCUT2D eigenvalue weighted by Crippen LogP contribution is 2.30. The van der Waals surface area contributed by atoms with Crippen LogP contribution in [0, 0.1) is 0 Å². The van der Waals surface area contributed by atoms with E-state index in [1.807, 2.05) is 55.7 Å². The minimum Gasteiger partial charge on any atom is -0.329 e. The molecule has 128 valence electrons. The molecule has 3 aromatic rings. The number of hydrogen-bond donors (Lipinski definition) is 1. The van der Waals surface area contributed by atoms with Crippen LogP contribution in [0.3, 0.4) is 0 Å². The highest BCUT2D eigenvalue weighted by Gasteiger charge is 2.15. The summed E-state index contributed by atoms with van der Waals surface area (Å²) in [6.45, 7) is 4.32. The lowest BCUT2D eigenvalue weighted by Gasteiger charge is -2.23. The zero-order valence-electron chi connectivity index (χ0n) is 14.8. The number of nitrogens with one attached hydrogen (secondary N) is 1. The van der Waals surface area contributed by atoms with Crippen molar-refractivity contribution in [2.24, 2.45) is 0 Å². The molecule has 0 radical (unpaired) electrons. The first kappa shape index (κ1) is 17.4. The lowest BCUT2D eigenvalue weighted by molar-refractivity contribution is 0.840. The van der Waals surface area contributed by atoms with Crippen LogP contribution in [0.15, 0.2) is 60.8 Å². The summed E-state index contributed by atoms with van der Waals surface area (Å²) < 4.78 is 0. The Morgan fingerprint density at radius 2 is 1.80 bits per heavy atom. The summed E-state index contributed by atoms with van der Waals surface area (Å²) in [5.41, 5.74) is 3.19. The van der Waals surface area contributed by atoms with E-state index in [9.17, 15) is 0 Å². The lowest BCUT2D eigenvalue weighted by atomic mass is 10.1. The fourth-order valence-electron chi connectivity index (χ4n) is 2.64. The number of rotatable bonds is 5. The van der Waals surface area contributed by atoms with Crippen LogP contribution >= 0.6 is 9.24 Å². The third kappa shape index (κ3) is 4.15. The van der Waals surface area contributed by atoms with Gasteiger partial charge in [0.1, 0.15) is 5.82 Å². The topological polar surface area (TPSA) is 41.1 Å². The molecule has 0 saturated carbocycles. The van der Waals surface area contributed by atoms with Crippen LogP contribution in [-0.4, -0.2) is 17.0 Å². The molecule has 1 N–H and O–H groups in total. The van der Waals surface area contributed by atoms with E-state index in [0.29, 0.717) is 11.9 Å². The van der Waals surface area contributed by atoms with Crippen LogP contribution in [0.4, 0.5) is 23.1 Å². The number of para-hydroxylation sites is 1. The van der Waals surface area contributed by atoms with Crippen molar-refractivity contribution in [3.8, 4) is 0 Å². The zero-order valence-corrected chi connectivity index (χ0v) is 15.9. The second kappa shape index (κ2) is 7.62. The largest absolute Gasteiger partial charge is 0.329 e. The fourth-order valence-corrected chi connectivity index (χ4v) is 2.93. The van der Waals surface area contributed by atoms with Gasteiger partial charge in [-0.05, 0) is 35.5 Å². The number of benzene rings is 2. The predicted molar refractivity (Wildman–Crippen MR) is 110 cm³/mol. The smallest absolute Gasteiger partial charge is 0.229 e. The van der Waals surface area contributed by atoms with E-state index in [-0.39, 0.29) is 0 Å². The van der Waals surface area contributed by atoms with Crippen LogP contribution in [0.25, 0.3) is 0 Å². The van der Waals surface area contributed by atoms with Crippen molar-refractivity contribution in [1.82, 2.24) is 9.97 Å². The number of nitrogens with zero attached hydrogens (tertiary/aromatic N) is 3. The molecule has 1 aromatic heterocycles. The van der Waals surface area contributed by atoms with Crippen LogP contribution in [-0.2, 0) is 0 Å². The van der Waals surface area contributed by atoms with Crippen molar-refractivity contribution in [2.75, 3.05) is 17.3 Å². The maximum Gasteiger partial charge on any atom is 0.229 e. The SMILES string of the molecule is CC(C)c1cnc(Nc2cccc(P)c2)nc1N(C)c1ccccc1. The minimum atomic E-state index is 0.339. The summed E-state index contributed by atoms with van der Waals surface area (Å²) in [4.78, 5) is 11.4. The number of aromatic nitrogens is 2. The molecule has 2 aromatic carbocycles. The van der Waals surface area contributed by atoms with Crippen LogP contribution < -0.4 is 15.5 Å². The van der Waals surface area contributed by atoms with Gasteiger partial charge < -0.3 is 10.2 Å². The van der Waals surface area contributed by atoms with Gasteiger partial charge in [-0.25, -0.2) is 4.98 Å². The van der Waals surface area contributed by atoms with Gasteiger partial charge in [0.25, 0.3) is 0 Å². The molecule has 0 aliphatic carbocycles. The van der Waals surface area contributed by atoms with Gasteiger partial charge in [0.2, 0.25) is 5.95 Å². The Labute approximate surface area is 151 Å². The Morgan fingerprint density at radius 1 is 1.04 bits per heavy atom. The van der Waals surface area contributed by atoms with Gasteiger partial charge in [0, 0.05) is 30.2 Å². The Bertz CT molecular complexity index is 849. The van der Waals surface area contributed by atoms with E-state index in [4.69, 9.17) is 4.98 Å². The summed E-state index contributed by atoms with van der Waals surface area (Å²) in [6.07, 6.45) is 1.92. The van der Waals surface area contributed by atoms with Crippen molar-refractivity contribution in [2.45, 2.75) is 19.8 Å². The lowest BCUT2D eigenvalue weighted by Crippen LogP contribution is -2.15. The summed E-state index contributed by atoms with van der Waals surface area (Å²) in [6, 6.07) is 18.3. The maximum absolute atomic E-state index is 4.79. The van der Waals surface area contributed by atoms with Gasteiger partial charge in [-0.3, -0.25) is 0 Å². The molecule has 25 heavy (non-hydrogen) atoms. The molecule has 5 heteroatoms. The Kier molecular flexibility index (Phi) is 5.30. The first-order chi connectivity index (χ1) is 12.0. The first-order valence-corrected chi connectivity index (χ1v) is 8.90. The molecule has 1 atom stereocenters. The van der Waals surface area contributed by atoms with E-state index >= 15 is 0 Å². The molecule has 0 aliphatic rings. The van der Waals surface area contributed by atoms with E-state index in [1.54, 1.807) is 0 Å². The van der Waals surface area contributed by atoms with Crippen molar-refractivity contribution < 1.29 is 0 Å². The van der Waals surface area contributed by atoms with Gasteiger partial charge >= 0.3 is 0 Å². The third-order valence-electron chi connectivity index (χ3n) is 4.02. The minimum absolute atomic E-state index is 0.339. The molecule has 1 heterocycles. The highest BCUT2D eigenvalue weighted by atomic mass is 31.0. The first-order valence-electron chi connectivity index (χ1n) is 8.33. The van der Waals surface area contributed by atoms with Crippen LogP contribution in [0.1, 0.15) is 25.3 Å². The molecule has 0 fully saturated rings. The van der Waals surface area contributed by atoms with Gasteiger partial charge in [0.05, 0.1) is 0 Å². The van der Waals surface area contributed by atoms with E-state index in [2.05, 4.69) is 50.4 Å². The van der Waals surface area contributed by atoms with Crippen LogP contribution in [0.2, 0.25) is 0 Å². The standard InChI is InChI=1S/C20H23N4P/c1-14(2)18-13-21-20(22-15-8-7-11-17(25)12-15)23-19(18)24(3)16-9-5-4-6-10-16/h4-14H,25H2,1-3H3,(H,21,22,23).